The van der Waals surface area contributed by atoms with E-state index in [0.29, 0.717) is 35.5 Å². The van der Waals surface area contributed by atoms with E-state index in [-0.39, 0.29) is 28.3 Å². The van der Waals surface area contributed by atoms with Gasteiger partial charge in [-0.1, -0.05) is 6.07 Å². The predicted octanol–water partition coefficient (Wildman–Crippen LogP) is 3.97. The van der Waals surface area contributed by atoms with E-state index in [0.717, 1.165) is 17.7 Å². The lowest BCUT2D eigenvalue weighted by Gasteiger charge is -2.18. The Balaban J connectivity index is 2.08. The molecule has 4 N–H and O–H groups in total. The molecule has 0 aliphatic heterocycles. The monoisotopic (exact) mass is 505 g/mol. The van der Waals surface area contributed by atoms with Crippen LogP contribution in [0.4, 0.5) is 8.78 Å². The van der Waals surface area contributed by atoms with Gasteiger partial charge in [0.25, 0.3) is 11.5 Å². The second kappa shape index (κ2) is 10.1. The summed E-state index contributed by atoms with van der Waals surface area (Å²) in [6.07, 6.45) is 0. The molecule has 168 valence electrons. The van der Waals surface area contributed by atoms with E-state index in [1.54, 1.807) is 25.1 Å². The molecule has 3 rings (SSSR count). The first-order valence-electron chi connectivity index (χ1n) is 9.81. The van der Waals surface area contributed by atoms with Crippen LogP contribution in [0.25, 0.3) is 11.1 Å². The predicted molar refractivity (Wildman–Crippen MR) is 122 cm³/mol. The first-order chi connectivity index (χ1) is 15.2. The lowest BCUT2D eigenvalue weighted by atomic mass is 9.96. The summed E-state index contributed by atoms with van der Waals surface area (Å²) in [5, 5.41) is 2.72. The van der Waals surface area contributed by atoms with Crippen molar-refractivity contribution < 1.29 is 18.3 Å². The second-order valence-corrected chi connectivity index (χ2v) is 7.99. The van der Waals surface area contributed by atoms with Gasteiger partial charge in [-0.3, -0.25) is 9.59 Å². The Hall–Kier alpha value is -3.04. The summed E-state index contributed by atoms with van der Waals surface area (Å²) < 4.78 is 33.3. The SMILES string of the molecule is Cc1ccc(C(=O)NCCN)cc1-c1c(C)[nH]c(=O)c(Br)c1OCc1ccc(F)cc1F. The summed E-state index contributed by atoms with van der Waals surface area (Å²) in [6, 6.07) is 8.36. The highest BCUT2D eigenvalue weighted by molar-refractivity contribution is 9.10. The maximum Gasteiger partial charge on any atom is 0.266 e. The number of aryl methyl sites for hydroxylation is 2. The Morgan fingerprint density at radius 3 is 2.62 bits per heavy atom. The van der Waals surface area contributed by atoms with Crippen molar-refractivity contribution in [2.24, 2.45) is 5.73 Å². The molecular formula is C23H22BrF2N3O3. The van der Waals surface area contributed by atoms with Crippen molar-refractivity contribution in [2.45, 2.75) is 20.5 Å². The van der Waals surface area contributed by atoms with Crippen molar-refractivity contribution >= 4 is 21.8 Å². The molecule has 0 saturated heterocycles. The Morgan fingerprint density at radius 1 is 1.19 bits per heavy atom. The molecule has 3 aromatic rings. The van der Waals surface area contributed by atoms with Crippen LogP contribution in [-0.2, 0) is 6.61 Å². The van der Waals surface area contributed by atoms with E-state index >= 15 is 0 Å². The number of hydrogen-bond donors (Lipinski definition) is 3. The average molecular weight is 506 g/mol. The number of carbonyl (C=O) groups excluding carboxylic acids is 1. The van der Waals surface area contributed by atoms with Crippen LogP contribution in [0.3, 0.4) is 0 Å². The molecule has 1 heterocycles. The summed E-state index contributed by atoms with van der Waals surface area (Å²) in [7, 11) is 0. The van der Waals surface area contributed by atoms with Crippen molar-refractivity contribution in [1.29, 1.82) is 0 Å². The first-order valence-corrected chi connectivity index (χ1v) is 10.6. The fraction of sp³-hybridized carbons (Fsp3) is 0.217. The summed E-state index contributed by atoms with van der Waals surface area (Å²) in [6.45, 7) is 3.99. The number of aromatic amines is 1. The van der Waals surface area contributed by atoms with Crippen LogP contribution in [-0.4, -0.2) is 24.0 Å². The quantitative estimate of drug-likeness (QED) is 0.452. The van der Waals surface area contributed by atoms with Gasteiger partial charge in [-0.05, 0) is 65.2 Å². The van der Waals surface area contributed by atoms with Crippen LogP contribution >= 0.6 is 15.9 Å². The molecule has 0 unspecified atom stereocenters. The third-order valence-electron chi connectivity index (χ3n) is 4.89. The maximum absolute atomic E-state index is 14.1. The molecule has 0 bridgehead atoms. The summed E-state index contributed by atoms with van der Waals surface area (Å²) in [5.74, 6) is -1.54. The normalized spacial score (nSPS) is 10.8. The number of H-pyrrole nitrogens is 1. The van der Waals surface area contributed by atoms with E-state index in [2.05, 4.69) is 26.2 Å². The number of nitrogens with two attached hydrogens (primary N) is 1. The first kappa shape index (κ1) is 23.6. The maximum atomic E-state index is 14.1. The number of hydrogen-bond acceptors (Lipinski definition) is 4. The highest BCUT2D eigenvalue weighted by atomic mass is 79.9. The minimum absolute atomic E-state index is 0.123. The number of ether oxygens (including phenoxy) is 1. The average Bonchev–Trinajstić information content (AvgIpc) is 2.75. The van der Waals surface area contributed by atoms with Gasteiger partial charge in [-0.25, -0.2) is 8.78 Å². The molecule has 0 aliphatic carbocycles. The molecule has 0 fully saturated rings. The van der Waals surface area contributed by atoms with Gasteiger partial charge in [0.1, 0.15) is 28.5 Å². The van der Waals surface area contributed by atoms with Gasteiger partial charge in [-0.2, -0.15) is 0 Å². The molecule has 32 heavy (non-hydrogen) atoms. The Labute approximate surface area is 191 Å². The van der Waals surface area contributed by atoms with Crippen LogP contribution in [0.1, 0.15) is 27.2 Å². The number of carbonyl (C=O) groups is 1. The summed E-state index contributed by atoms with van der Waals surface area (Å²) in [5.41, 5.74) is 8.13. The topological polar surface area (TPSA) is 97.2 Å². The standard InChI is InChI=1S/C23H22BrF2N3O3/c1-12-3-4-14(22(30)28-8-7-27)9-17(12)19-13(2)29-23(31)20(24)21(19)32-11-15-5-6-16(25)10-18(15)26/h3-6,9-10H,7-8,11,27H2,1-2H3,(H,28,30)(H,29,31). The van der Waals surface area contributed by atoms with Crippen LogP contribution in [0.15, 0.2) is 45.7 Å². The highest BCUT2D eigenvalue weighted by Gasteiger charge is 2.20. The lowest BCUT2D eigenvalue weighted by molar-refractivity contribution is 0.0954. The number of amides is 1. The summed E-state index contributed by atoms with van der Waals surface area (Å²) in [4.78, 5) is 27.5. The lowest BCUT2D eigenvalue weighted by Crippen LogP contribution is -2.29. The number of pyridine rings is 1. The molecule has 1 aromatic heterocycles. The van der Waals surface area contributed by atoms with E-state index < -0.39 is 17.2 Å². The van der Waals surface area contributed by atoms with E-state index in [1.807, 2.05) is 6.92 Å². The van der Waals surface area contributed by atoms with Crippen LogP contribution in [0.2, 0.25) is 0 Å². The number of benzene rings is 2. The van der Waals surface area contributed by atoms with Crippen LogP contribution < -0.4 is 21.3 Å². The highest BCUT2D eigenvalue weighted by Crippen LogP contribution is 2.38. The molecule has 1 amide bonds. The smallest absolute Gasteiger partial charge is 0.266 e. The fourth-order valence-electron chi connectivity index (χ4n) is 3.24. The molecular weight excluding hydrogens is 484 g/mol. The van der Waals surface area contributed by atoms with Crippen LogP contribution in [0.5, 0.6) is 5.75 Å². The fourth-order valence-corrected chi connectivity index (χ4v) is 3.65. The zero-order valence-electron chi connectivity index (χ0n) is 17.5. The van der Waals surface area contributed by atoms with Crippen molar-refractivity contribution in [3.63, 3.8) is 0 Å². The number of nitrogens with one attached hydrogen (secondary N) is 2. The Morgan fingerprint density at radius 2 is 1.94 bits per heavy atom. The second-order valence-electron chi connectivity index (χ2n) is 7.20. The number of aromatic nitrogens is 1. The van der Waals surface area contributed by atoms with Crippen LogP contribution in [0, 0.1) is 25.5 Å². The van der Waals surface area contributed by atoms with Gasteiger partial charge in [0.15, 0.2) is 0 Å². The number of rotatable bonds is 7. The third kappa shape index (κ3) is 5.05. The zero-order chi connectivity index (χ0) is 23.4. The largest absolute Gasteiger partial charge is 0.487 e. The minimum Gasteiger partial charge on any atom is -0.487 e. The molecule has 2 aromatic carbocycles. The van der Waals surface area contributed by atoms with Crippen molar-refractivity contribution in [2.75, 3.05) is 13.1 Å². The molecule has 0 radical (unpaired) electrons. The van der Waals surface area contributed by atoms with Crippen molar-refractivity contribution in [1.82, 2.24) is 10.3 Å². The van der Waals surface area contributed by atoms with Crippen molar-refractivity contribution in [3.05, 3.63) is 85.2 Å². The summed E-state index contributed by atoms with van der Waals surface area (Å²) >= 11 is 3.26. The van der Waals surface area contributed by atoms with E-state index in [1.165, 1.54) is 6.07 Å². The van der Waals surface area contributed by atoms with Gasteiger partial charge in [0, 0.05) is 41.5 Å². The molecule has 9 heteroatoms. The van der Waals surface area contributed by atoms with E-state index in [9.17, 15) is 18.4 Å². The Bertz CT molecular complexity index is 1230. The van der Waals surface area contributed by atoms with E-state index in [4.69, 9.17) is 10.5 Å². The number of halogens is 3. The zero-order valence-corrected chi connectivity index (χ0v) is 19.1. The van der Waals surface area contributed by atoms with Gasteiger partial charge in [0.05, 0.1) is 0 Å². The molecule has 0 atom stereocenters. The molecule has 6 nitrogen and oxygen atoms in total. The molecule has 0 aliphatic rings. The van der Waals surface area contributed by atoms with Gasteiger partial charge in [-0.15, -0.1) is 0 Å². The van der Waals surface area contributed by atoms with Gasteiger partial charge in [0.2, 0.25) is 0 Å². The minimum atomic E-state index is -0.751. The Kier molecular flexibility index (Phi) is 7.42. The third-order valence-corrected chi connectivity index (χ3v) is 5.61. The molecule has 0 saturated carbocycles. The van der Waals surface area contributed by atoms with Gasteiger partial charge < -0.3 is 20.8 Å². The van der Waals surface area contributed by atoms with Gasteiger partial charge >= 0.3 is 0 Å². The van der Waals surface area contributed by atoms with Crippen molar-refractivity contribution in [3.8, 4) is 16.9 Å². The molecule has 0 spiro atoms.